The monoisotopic (exact) mass is 288 g/mol. The van der Waals surface area contributed by atoms with E-state index in [1.54, 1.807) is 0 Å². The van der Waals surface area contributed by atoms with Crippen LogP contribution in [0.4, 0.5) is 5.69 Å². The second-order valence-electron chi connectivity index (χ2n) is 3.94. The van der Waals surface area contributed by atoms with Crippen molar-refractivity contribution in [3.63, 3.8) is 0 Å². The number of hydrogen-bond acceptors (Lipinski definition) is 5. The van der Waals surface area contributed by atoms with Crippen molar-refractivity contribution in [1.82, 2.24) is 4.90 Å². The van der Waals surface area contributed by atoms with Crippen molar-refractivity contribution in [2.75, 3.05) is 32.0 Å². The summed E-state index contributed by atoms with van der Waals surface area (Å²) in [7, 11) is 0. The second kappa shape index (κ2) is 8.61. The highest BCUT2D eigenvalue weighted by molar-refractivity contribution is 5.90. The minimum Gasteiger partial charge on any atom is -0.506 e. The zero-order chi connectivity index (χ0) is 13.5. The van der Waals surface area contributed by atoms with Gasteiger partial charge in [0.15, 0.2) is 0 Å². The van der Waals surface area contributed by atoms with E-state index in [4.69, 9.17) is 10.5 Å². The molecule has 3 N–H and O–H groups in total. The number of esters is 1. The second-order valence-corrected chi connectivity index (χ2v) is 3.94. The number of benzene rings is 1. The third kappa shape index (κ3) is 5.36. The summed E-state index contributed by atoms with van der Waals surface area (Å²) in [5.74, 6) is -0.550. The SMILES string of the molecule is CCN(CC)CCOC(=O)c1ccc(N)c(O)c1.Cl. The van der Waals surface area contributed by atoms with Crippen molar-refractivity contribution in [2.45, 2.75) is 13.8 Å². The summed E-state index contributed by atoms with van der Waals surface area (Å²) in [5.41, 5.74) is 6.01. The van der Waals surface area contributed by atoms with Gasteiger partial charge in [-0.3, -0.25) is 0 Å². The van der Waals surface area contributed by atoms with Gasteiger partial charge in [0, 0.05) is 6.54 Å². The Morgan fingerprint density at radius 2 is 2.00 bits per heavy atom. The first-order valence-electron chi connectivity index (χ1n) is 6.06. The van der Waals surface area contributed by atoms with Gasteiger partial charge in [-0.25, -0.2) is 4.79 Å². The first kappa shape index (κ1) is 17.5. The van der Waals surface area contributed by atoms with E-state index in [0.29, 0.717) is 18.7 Å². The van der Waals surface area contributed by atoms with Crippen molar-refractivity contribution < 1.29 is 14.6 Å². The first-order chi connectivity index (χ1) is 8.58. The molecule has 0 spiro atoms. The van der Waals surface area contributed by atoms with Crippen LogP contribution < -0.4 is 5.73 Å². The number of rotatable bonds is 6. The molecule has 6 heteroatoms. The first-order valence-corrected chi connectivity index (χ1v) is 6.06. The summed E-state index contributed by atoms with van der Waals surface area (Å²) in [6, 6.07) is 4.33. The Balaban J connectivity index is 0.00000324. The molecule has 5 nitrogen and oxygen atoms in total. The third-order valence-corrected chi connectivity index (χ3v) is 2.80. The maximum Gasteiger partial charge on any atom is 0.338 e. The summed E-state index contributed by atoms with van der Waals surface area (Å²) in [4.78, 5) is 13.8. The van der Waals surface area contributed by atoms with Crippen molar-refractivity contribution in [3.8, 4) is 5.75 Å². The molecule has 1 aromatic rings. The van der Waals surface area contributed by atoms with Crippen molar-refractivity contribution in [1.29, 1.82) is 0 Å². The number of nitrogens with zero attached hydrogens (tertiary/aromatic N) is 1. The van der Waals surface area contributed by atoms with Crippen LogP contribution in [-0.2, 0) is 4.74 Å². The molecule has 0 saturated carbocycles. The lowest BCUT2D eigenvalue weighted by atomic mass is 10.2. The highest BCUT2D eigenvalue weighted by atomic mass is 35.5. The number of aromatic hydroxyl groups is 1. The lowest BCUT2D eigenvalue weighted by molar-refractivity contribution is 0.0466. The number of carbonyl (C=O) groups excluding carboxylic acids is 1. The summed E-state index contributed by atoms with van der Waals surface area (Å²) in [6.07, 6.45) is 0. The molecule has 1 aromatic carbocycles. The molecule has 1 rings (SSSR count). The zero-order valence-corrected chi connectivity index (χ0v) is 12.1. The Hall–Kier alpha value is -1.46. The quantitative estimate of drug-likeness (QED) is 0.475. The zero-order valence-electron chi connectivity index (χ0n) is 11.3. The molecule has 108 valence electrons. The molecule has 0 fully saturated rings. The predicted octanol–water partition coefficient (Wildman–Crippen LogP) is 1.89. The maximum absolute atomic E-state index is 11.7. The Morgan fingerprint density at radius 1 is 1.37 bits per heavy atom. The van der Waals surface area contributed by atoms with Gasteiger partial charge in [-0.05, 0) is 31.3 Å². The average Bonchev–Trinajstić information content (AvgIpc) is 2.37. The van der Waals surface area contributed by atoms with Gasteiger partial charge in [0.05, 0.1) is 11.3 Å². The highest BCUT2D eigenvalue weighted by Gasteiger charge is 2.09. The number of carbonyl (C=O) groups is 1. The largest absolute Gasteiger partial charge is 0.506 e. The summed E-state index contributed by atoms with van der Waals surface area (Å²) in [5, 5.41) is 9.40. The van der Waals surface area contributed by atoms with Crippen LogP contribution in [0.15, 0.2) is 18.2 Å². The van der Waals surface area contributed by atoms with E-state index in [-0.39, 0.29) is 23.8 Å². The minimum absolute atomic E-state index is 0. The van der Waals surface area contributed by atoms with Crippen LogP contribution in [0.5, 0.6) is 5.75 Å². The Kier molecular flexibility index (Phi) is 7.95. The van der Waals surface area contributed by atoms with E-state index in [0.717, 1.165) is 13.1 Å². The molecular weight excluding hydrogens is 268 g/mol. The minimum atomic E-state index is -0.447. The van der Waals surface area contributed by atoms with E-state index in [9.17, 15) is 9.90 Å². The molecule has 19 heavy (non-hydrogen) atoms. The lowest BCUT2D eigenvalue weighted by Crippen LogP contribution is -2.27. The number of phenolic OH excluding ortho intramolecular Hbond substituents is 1. The molecule has 0 bridgehead atoms. The molecule has 0 saturated heterocycles. The highest BCUT2D eigenvalue weighted by Crippen LogP contribution is 2.20. The molecule has 0 radical (unpaired) electrons. The lowest BCUT2D eigenvalue weighted by Gasteiger charge is -2.17. The summed E-state index contributed by atoms with van der Waals surface area (Å²) >= 11 is 0. The third-order valence-electron chi connectivity index (χ3n) is 2.80. The van der Waals surface area contributed by atoms with Crippen molar-refractivity contribution in [3.05, 3.63) is 23.8 Å². The smallest absolute Gasteiger partial charge is 0.338 e. The van der Waals surface area contributed by atoms with Crippen LogP contribution in [0, 0.1) is 0 Å². The molecule has 0 aliphatic carbocycles. The Morgan fingerprint density at radius 3 is 2.53 bits per heavy atom. The van der Waals surface area contributed by atoms with Gasteiger partial charge in [-0.1, -0.05) is 13.8 Å². The van der Waals surface area contributed by atoms with Crippen LogP contribution in [0.1, 0.15) is 24.2 Å². The molecular formula is C13H21ClN2O3. The average molecular weight is 289 g/mol. The van der Waals surface area contributed by atoms with Crippen molar-refractivity contribution >= 4 is 24.1 Å². The molecule has 0 aromatic heterocycles. The van der Waals surface area contributed by atoms with E-state index in [1.807, 2.05) is 0 Å². The van der Waals surface area contributed by atoms with Gasteiger partial charge in [0.1, 0.15) is 12.4 Å². The fourth-order valence-corrected chi connectivity index (χ4v) is 1.56. The molecule has 0 aliphatic heterocycles. The predicted molar refractivity (Wildman–Crippen MR) is 77.8 cm³/mol. The number of halogens is 1. The molecule has 0 aliphatic rings. The maximum atomic E-state index is 11.7. The van der Waals surface area contributed by atoms with Crippen LogP contribution in [0.3, 0.4) is 0 Å². The molecule has 0 amide bonds. The number of nitrogen functional groups attached to an aromatic ring is 1. The normalized spacial score (nSPS) is 10.1. The summed E-state index contributed by atoms with van der Waals surface area (Å²) in [6.45, 7) is 7.02. The number of phenols is 1. The number of nitrogens with two attached hydrogens (primary N) is 1. The molecule has 0 heterocycles. The summed E-state index contributed by atoms with van der Waals surface area (Å²) < 4.78 is 5.12. The van der Waals surface area contributed by atoms with Gasteiger partial charge >= 0.3 is 5.97 Å². The van der Waals surface area contributed by atoms with Crippen molar-refractivity contribution in [2.24, 2.45) is 0 Å². The van der Waals surface area contributed by atoms with Gasteiger partial charge < -0.3 is 20.5 Å². The van der Waals surface area contributed by atoms with E-state index in [2.05, 4.69) is 18.7 Å². The van der Waals surface area contributed by atoms with Gasteiger partial charge in [0.2, 0.25) is 0 Å². The number of anilines is 1. The number of likely N-dealkylation sites (N-methyl/N-ethyl adjacent to an activating group) is 1. The standard InChI is InChI=1S/C13H20N2O3.ClH/c1-3-15(4-2)7-8-18-13(17)10-5-6-11(14)12(16)9-10;/h5-6,9,16H,3-4,7-8,14H2,1-2H3;1H. The fourth-order valence-electron chi connectivity index (χ4n) is 1.56. The number of ether oxygens (including phenoxy) is 1. The topological polar surface area (TPSA) is 75.8 Å². The van der Waals surface area contributed by atoms with E-state index >= 15 is 0 Å². The van der Waals surface area contributed by atoms with Gasteiger partial charge in [0.25, 0.3) is 0 Å². The Labute approximate surface area is 119 Å². The van der Waals surface area contributed by atoms with E-state index in [1.165, 1.54) is 18.2 Å². The number of hydrogen-bond donors (Lipinski definition) is 2. The van der Waals surface area contributed by atoms with Crippen LogP contribution in [0.25, 0.3) is 0 Å². The molecule has 0 atom stereocenters. The van der Waals surface area contributed by atoms with Gasteiger partial charge in [-0.15, -0.1) is 12.4 Å². The Bertz CT molecular complexity index is 409. The fraction of sp³-hybridized carbons (Fsp3) is 0.462. The molecule has 0 unspecified atom stereocenters. The van der Waals surface area contributed by atoms with E-state index < -0.39 is 5.97 Å². The van der Waals surface area contributed by atoms with Crippen LogP contribution in [-0.4, -0.2) is 42.2 Å². The van der Waals surface area contributed by atoms with Crippen LogP contribution in [0.2, 0.25) is 0 Å². The van der Waals surface area contributed by atoms with Crippen LogP contribution >= 0.6 is 12.4 Å². The van der Waals surface area contributed by atoms with Gasteiger partial charge in [-0.2, -0.15) is 0 Å².